The number of aromatic nitrogens is 1. The molecule has 0 aliphatic heterocycles. The van der Waals surface area contributed by atoms with E-state index in [9.17, 15) is 0 Å². The van der Waals surface area contributed by atoms with Gasteiger partial charge in [-0.1, -0.05) is 44.4 Å². The van der Waals surface area contributed by atoms with Crippen LogP contribution in [0.4, 0.5) is 0 Å². The van der Waals surface area contributed by atoms with Gasteiger partial charge in [0.05, 0.1) is 10.5 Å². The standard InChI is InChI=1S/C17H20ClN/c1-11(2)13-7-8-16-14(9-13)15(18)10-17(19-16)12-5-3-4-6-12/h7-12H,3-6H2,1-2H3. The van der Waals surface area contributed by atoms with Gasteiger partial charge in [-0.05, 0) is 42.5 Å². The summed E-state index contributed by atoms with van der Waals surface area (Å²) < 4.78 is 0. The first-order valence-electron chi connectivity index (χ1n) is 7.25. The average molecular weight is 274 g/mol. The zero-order chi connectivity index (χ0) is 13.4. The Bertz CT molecular complexity index is 597. The van der Waals surface area contributed by atoms with Gasteiger partial charge in [0.25, 0.3) is 0 Å². The third-order valence-corrected chi connectivity index (χ3v) is 4.55. The van der Waals surface area contributed by atoms with Gasteiger partial charge in [0.15, 0.2) is 0 Å². The summed E-state index contributed by atoms with van der Waals surface area (Å²) in [5.41, 5.74) is 3.55. The summed E-state index contributed by atoms with van der Waals surface area (Å²) in [4.78, 5) is 4.83. The topological polar surface area (TPSA) is 12.9 Å². The molecule has 1 aromatic carbocycles. The smallest absolute Gasteiger partial charge is 0.0720 e. The highest BCUT2D eigenvalue weighted by Gasteiger charge is 2.19. The predicted octanol–water partition coefficient (Wildman–Crippen LogP) is 5.67. The van der Waals surface area contributed by atoms with Gasteiger partial charge in [0.2, 0.25) is 0 Å². The SMILES string of the molecule is CC(C)c1ccc2nc(C3CCCC3)cc(Cl)c2c1. The molecular formula is C17H20ClN. The van der Waals surface area contributed by atoms with E-state index in [2.05, 4.69) is 38.1 Å². The molecule has 0 amide bonds. The van der Waals surface area contributed by atoms with Crippen molar-refractivity contribution in [1.29, 1.82) is 0 Å². The lowest BCUT2D eigenvalue weighted by Gasteiger charge is -2.12. The number of nitrogens with zero attached hydrogens (tertiary/aromatic N) is 1. The van der Waals surface area contributed by atoms with Crippen LogP contribution in [0.1, 0.15) is 62.6 Å². The molecule has 100 valence electrons. The molecule has 1 aromatic heterocycles. The summed E-state index contributed by atoms with van der Waals surface area (Å²) in [6.07, 6.45) is 5.18. The molecule has 1 aliphatic carbocycles. The van der Waals surface area contributed by atoms with E-state index in [1.165, 1.54) is 36.9 Å². The maximum atomic E-state index is 6.48. The van der Waals surface area contributed by atoms with E-state index in [0.717, 1.165) is 15.9 Å². The number of hydrogen-bond acceptors (Lipinski definition) is 1. The quantitative estimate of drug-likeness (QED) is 0.687. The van der Waals surface area contributed by atoms with E-state index in [0.29, 0.717) is 11.8 Å². The highest BCUT2D eigenvalue weighted by Crippen LogP contribution is 2.36. The lowest BCUT2D eigenvalue weighted by molar-refractivity contribution is 0.701. The van der Waals surface area contributed by atoms with Gasteiger partial charge in [-0.3, -0.25) is 4.98 Å². The van der Waals surface area contributed by atoms with Gasteiger partial charge in [-0.25, -0.2) is 0 Å². The summed E-state index contributed by atoms with van der Waals surface area (Å²) in [5, 5.41) is 1.95. The Morgan fingerprint density at radius 1 is 1.16 bits per heavy atom. The maximum Gasteiger partial charge on any atom is 0.0720 e. The predicted molar refractivity (Wildman–Crippen MR) is 82.1 cm³/mol. The molecule has 0 atom stereocenters. The van der Waals surface area contributed by atoms with Crippen LogP contribution in [0.15, 0.2) is 24.3 Å². The van der Waals surface area contributed by atoms with Crippen molar-refractivity contribution < 1.29 is 0 Å². The summed E-state index contributed by atoms with van der Waals surface area (Å²) in [6.45, 7) is 4.41. The van der Waals surface area contributed by atoms with Gasteiger partial charge in [0.1, 0.15) is 0 Å². The Hall–Kier alpha value is -1.08. The molecular weight excluding hydrogens is 254 g/mol. The Morgan fingerprint density at radius 3 is 2.58 bits per heavy atom. The van der Waals surface area contributed by atoms with Gasteiger partial charge in [-0.2, -0.15) is 0 Å². The van der Waals surface area contributed by atoms with Crippen LogP contribution in [0, 0.1) is 0 Å². The molecule has 3 rings (SSSR count). The first-order valence-corrected chi connectivity index (χ1v) is 7.63. The first-order chi connectivity index (χ1) is 9.15. The van der Waals surface area contributed by atoms with Crippen molar-refractivity contribution in [3.05, 3.63) is 40.5 Å². The van der Waals surface area contributed by atoms with Crippen LogP contribution in [0.5, 0.6) is 0 Å². The zero-order valence-electron chi connectivity index (χ0n) is 11.6. The minimum Gasteiger partial charge on any atom is -0.252 e. The highest BCUT2D eigenvalue weighted by molar-refractivity contribution is 6.35. The fraction of sp³-hybridized carbons (Fsp3) is 0.471. The molecule has 0 unspecified atom stereocenters. The van der Waals surface area contributed by atoms with E-state index in [4.69, 9.17) is 16.6 Å². The normalized spacial score (nSPS) is 16.6. The van der Waals surface area contributed by atoms with Crippen molar-refractivity contribution in [2.24, 2.45) is 0 Å². The number of fused-ring (bicyclic) bond motifs is 1. The molecule has 0 N–H and O–H groups in total. The van der Waals surface area contributed by atoms with Gasteiger partial charge < -0.3 is 0 Å². The molecule has 0 bridgehead atoms. The van der Waals surface area contributed by atoms with Gasteiger partial charge in [0, 0.05) is 17.0 Å². The number of rotatable bonds is 2. The lowest BCUT2D eigenvalue weighted by atomic mass is 9.99. The van der Waals surface area contributed by atoms with Crippen LogP contribution in [-0.2, 0) is 0 Å². The molecule has 2 heteroatoms. The van der Waals surface area contributed by atoms with E-state index >= 15 is 0 Å². The van der Waals surface area contributed by atoms with Crippen molar-refractivity contribution in [2.75, 3.05) is 0 Å². The van der Waals surface area contributed by atoms with Crippen LogP contribution in [-0.4, -0.2) is 4.98 Å². The fourth-order valence-electron chi connectivity index (χ4n) is 3.01. The van der Waals surface area contributed by atoms with Crippen LogP contribution in [0.2, 0.25) is 5.02 Å². The number of pyridine rings is 1. The molecule has 0 spiro atoms. The number of benzene rings is 1. The van der Waals surface area contributed by atoms with Crippen molar-refractivity contribution in [1.82, 2.24) is 4.98 Å². The molecule has 1 aliphatic rings. The Balaban J connectivity index is 2.08. The molecule has 1 fully saturated rings. The average Bonchev–Trinajstić information content (AvgIpc) is 2.92. The van der Waals surface area contributed by atoms with Crippen LogP contribution < -0.4 is 0 Å². The maximum absolute atomic E-state index is 6.48. The molecule has 1 saturated carbocycles. The minimum absolute atomic E-state index is 0.523. The molecule has 0 saturated heterocycles. The van der Waals surface area contributed by atoms with Crippen molar-refractivity contribution in [2.45, 2.75) is 51.4 Å². The highest BCUT2D eigenvalue weighted by atomic mass is 35.5. The van der Waals surface area contributed by atoms with Crippen molar-refractivity contribution in [3.8, 4) is 0 Å². The summed E-state index contributed by atoms with van der Waals surface area (Å²) in [7, 11) is 0. The van der Waals surface area contributed by atoms with Crippen LogP contribution in [0.25, 0.3) is 10.9 Å². The van der Waals surface area contributed by atoms with Crippen LogP contribution in [0.3, 0.4) is 0 Å². The Morgan fingerprint density at radius 2 is 1.89 bits per heavy atom. The number of hydrogen-bond donors (Lipinski definition) is 0. The second kappa shape index (κ2) is 5.13. The minimum atomic E-state index is 0.523. The lowest BCUT2D eigenvalue weighted by Crippen LogP contribution is -1.98. The summed E-state index contributed by atoms with van der Waals surface area (Å²) in [6, 6.07) is 8.57. The zero-order valence-corrected chi connectivity index (χ0v) is 12.4. The van der Waals surface area contributed by atoms with Crippen LogP contribution >= 0.6 is 11.6 Å². The van der Waals surface area contributed by atoms with E-state index < -0.39 is 0 Å². The molecule has 1 nitrogen and oxygen atoms in total. The van der Waals surface area contributed by atoms with E-state index in [1.807, 2.05) is 0 Å². The largest absolute Gasteiger partial charge is 0.252 e. The first kappa shape index (κ1) is 12.9. The second-order valence-electron chi connectivity index (χ2n) is 5.94. The van der Waals surface area contributed by atoms with Crippen molar-refractivity contribution >= 4 is 22.5 Å². The molecule has 1 heterocycles. The molecule has 0 radical (unpaired) electrons. The fourth-order valence-corrected chi connectivity index (χ4v) is 3.27. The second-order valence-corrected chi connectivity index (χ2v) is 6.35. The Labute approximate surface area is 120 Å². The van der Waals surface area contributed by atoms with E-state index in [1.54, 1.807) is 0 Å². The summed E-state index contributed by atoms with van der Waals surface area (Å²) >= 11 is 6.48. The Kier molecular flexibility index (Phi) is 3.49. The van der Waals surface area contributed by atoms with E-state index in [-0.39, 0.29) is 0 Å². The third-order valence-electron chi connectivity index (χ3n) is 4.24. The molecule has 2 aromatic rings. The van der Waals surface area contributed by atoms with Gasteiger partial charge >= 0.3 is 0 Å². The van der Waals surface area contributed by atoms with Gasteiger partial charge in [-0.15, -0.1) is 0 Å². The monoisotopic (exact) mass is 273 g/mol. The van der Waals surface area contributed by atoms with Crippen molar-refractivity contribution in [3.63, 3.8) is 0 Å². The third kappa shape index (κ3) is 2.49. The summed E-state index contributed by atoms with van der Waals surface area (Å²) in [5.74, 6) is 1.14. The molecule has 19 heavy (non-hydrogen) atoms. The number of halogens is 1.